The Morgan fingerprint density at radius 2 is 1.68 bits per heavy atom. The van der Waals surface area contributed by atoms with Crippen molar-refractivity contribution in [1.29, 1.82) is 0 Å². The van der Waals surface area contributed by atoms with Gasteiger partial charge in [0.2, 0.25) is 5.91 Å². The zero-order valence-electron chi connectivity index (χ0n) is 13.0. The van der Waals surface area contributed by atoms with Crippen molar-refractivity contribution in [1.82, 2.24) is 10.6 Å². The van der Waals surface area contributed by atoms with Crippen LogP contribution >= 0.6 is 11.8 Å². The molecule has 0 aliphatic heterocycles. The van der Waals surface area contributed by atoms with E-state index in [4.69, 9.17) is 0 Å². The van der Waals surface area contributed by atoms with Crippen LogP contribution in [-0.2, 0) is 4.79 Å². The van der Waals surface area contributed by atoms with E-state index in [0.717, 1.165) is 24.5 Å². The average Bonchev–Trinajstić information content (AvgIpc) is 2.42. The summed E-state index contributed by atoms with van der Waals surface area (Å²) in [5.41, 5.74) is 0. The van der Waals surface area contributed by atoms with Crippen LogP contribution < -0.4 is 10.6 Å². The Morgan fingerprint density at radius 3 is 2.26 bits per heavy atom. The second kappa shape index (κ2) is 14.2. The van der Waals surface area contributed by atoms with E-state index in [2.05, 4.69) is 24.5 Å². The molecule has 0 rings (SSSR count). The van der Waals surface area contributed by atoms with Crippen molar-refractivity contribution in [2.45, 2.75) is 64.8 Å². The van der Waals surface area contributed by atoms with Crippen molar-refractivity contribution < 1.29 is 4.79 Å². The molecule has 0 aliphatic carbocycles. The Morgan fingerprint density at radius 1 is 1.05 bits per heavy atom. The highest BCUT2D eigenvalue weighted by Gasteiger charge is 2.14. The largest absolute Gasteiger partial charge is 0.355 e. The fourth-order valence-electron chi connectivity index (χ4n) is 1.94. The summed E-state index contributed by atoms with van der Waals surface area (Å²) in [5.74, 6) is 2.06. The molecule has 0 spiro atoms. The summed E-state index contributed by atoms with van der Waals surface area (Å²) < 4.78 is 0. The first-order valence-electron chi connectivity index (χ1n) is 7.78. The minimum Gasteiger partial charge on any atom is -0.355 e. The van der Waals surface area contributed by atoms with Gasteiger partial charge in [0.05, 0.1) is 6.04 Å². The van der Waals surface area contributed by atoms with Gasteiger partial charge in [0.15, 0.2) is 0 Å². The fourth-order valence-corrected chi connectivity index (χ4v) is 2.73. The lowest BCUT2D eigenvalue weighted by Crippen LogP contribution is -2.44. The first kappa shape index (κ1) is 18.8. The van der Waals surface area contributed by atoms with Crippen LogP contribution in [0.4, 0.5) is 0 Å². The zero-order valence-corrected chi connectivity index (χ0v) is 13.8. The third kappa shape index (κ3) is 11.3. The van der Waals surface area contributed by atoms with Gasteiger partial charge in [-0.1, -0.05) is 52.4 Å². The number of nitrogens with one attached hydrogen (secondary N) is 2. The normalized spacial score (nSPS) is 12.4. The zero-order chi connectivity index (χ0) is 14.3. The number of thioether (sulfide) groups is 1. The molecule has 0 aromatic carbocycles. The highest BCUT2D eigenvalue weighted by atomic mass is 32.2. The predicted molar refractivity (Wildman–Crippen MR) is 86.8 cm³/mol. The molecular weight excluding hydrogens is 256 g/mol. The molecule has 0 aromatic rings. The summed E-state index contributed by atoms with van der Waals surface area (Å²) in [5, 5.41) is 6.11. The van der Waals surface area contributed by atoms with Crippen LogP contribution in [-0.4, -0.2) is 37.0 Å². The van der Waals surface area contributed by atoms with Crippen LogP contribution in [0, 0.1) is 0 Å². The third-order valence-electron chi connectivity index (χ3n) is 3.23. The van der Waals surface area contributed by atoms with Crippen molar-refractivity contribution in [3.05, 3.63) is 0 Å². The number of carbonyl (C=O) groups excluding carboxylic acids is 1. The summed E-state index contributed by atoms with van der Waals surface area (Å²) in [6, 6.07) is -0.0468. The first-order valence-corrected chi connectivity index (χ1v) is 8.94. The van der Waals surface area contributed by atoms with Gasteiger partial charge in [0.25, 0.3) is 0 Å². The highest BCUT2D eigenvalue weighted by molar-refractivity contribution is 7.99. The van der Waals surface area contributed by atoms with E-state index in [1.165, 1.54) is 38.5 Å². The van der Waals surface area contributed by atoms with Crippen LogP contribution in [0.15, 0.2) is 0 Å². The minimum atomic E-state index is -0.0468. The Labute approximate surface area is 123 Å². The van der Waals surface area contributed by atoms with Gasteiger partial charge in [-0.2, -0.15) is 11.8 Å². The molecule has 0 heterocycles. The van der Waals surface area contributed by atoms with Gasteiger partial charge in [-0.15, -0.1) is 0 Å². The van der Waals surface area contributed by atoms with Crippen molar-refractivity contribution in [3.8, 4) is 0 Å². The lowest BCUT2D eigenvalue weighted by atomic mass is 10.1. The second-order valence-corrected chi connectivity index (χ2v) is 6.23. The predicted octanol–water partition coefficient (Wildman–Crippen LogP) is 3.19. The summed E-state index contributed by atoms with van der Waals surface area (Å²) >= 11 is 1.80. The number of likely N-dealkylation sites (N-methyl/N-ethyl adjacent to an activating group) is 1. The molecule has 0 saturated carbocycles. The van der Waals surface area contributed by atoms with Crippen molar-refractivity contribution in [3.63, 3.8) is 0 Å². The number of unbranched alkanes of at least 4 members (excludes halogenated alkanes) is 6. The van der Waals surface area contributed by atoms with Crippen molar-refractivity contribution in [2.75, 3.05) is 25.1 Å². The maximum Gasteiger partial charge on any atom is 0.237 e. The maximum absolute atomic E-state index is 11.9. The van der Waals surface area contributed by atoms with E-state index in [0.29, 0.717) is 0 Å². The van der Waals surface area contributed by atoms with E-state index >= 15 is 0 Å². The molecular formula is C15H32N2OS. The average molecular weight is 289 g/mol. The molecule has 4 heteroatoms. The second-order valence-electron chi connectivity index (χ2n) is 4.91. The van der Waals surface area contributed by atoms with Crippen LogP contribution in [0.1, 0.15) is 58.8 Å². The number of hydrogen-bond acceptors (Lipinski definition) is 3. The fraction of sp³-hybridized carbons (Fsp3) is 0.933. The van der Waals surface area contributed by atoms with Gasteiger partial charge in [0.1, 0.15) is 0 Å². The Bertz CT molecular complexity index is 212. The monoisotopic (exact) mass is 288 g/mol. The first-order chi connectivity index (χ1) is 9.26. The number of rotatable bonds is 13. The van der Waals surface area contributed by atoms with E-state index in [1.807, 2.05) is 7.05 Å². The van der Waals surface area contributed by atoms with Crippen LogP contribution in [0.5, 0.6) is 0 Å². The molecule has 0 fully saturated rings. The standard InChI is InChI=1S/C15H32N2OS/c1-4-6-7-8-9-10-11-12-17-15(18)14(16-3)13-19-5-2/h14,16H,4-13H2,1-3H3,(H,17,18). The van der Waals surface area contributed by atoms with Gasteiger partial charge >= 0.3 is 0 Å². The summed E-state index contributed by atoms with van der Waals surface area (Å²) in [7, 11) is 1.86. The molecule has 0 bridgehead atoms. The molecule has 114 valence electrons. The van der Waals surface area contributed by atoms with Gasteiger partial charge in [-0.05, 0) is 19.2 Å². The quantitative estimate of drug-likeness (QED) is 0.511. The minimum absolute atomic E-state index is 0.0468. The SMILES string of the molecule is CCCCCCCCCNC(=O)C(CSCC)NC. The van der Waals surface area contributed by atoms with Gasteiger partial charge in [-0.25, -0.2) is 0 Å². The van der Waals surface area contributed by atoms with E-state index in [-0.39, 0.29) is 11.9 Å². The maximum atomic E-state index is 11.9. The molecule has 1 amide bonds. The molecule has 3 nitrogen and oxygen atoms in total. The number of carbonyl (C=O) groups is 1. The lowest BCUT2D eigenvalue weighted by molar-refractivity contribution is -0.122. The Kier molecular flexibility index (Phi) is 14.0. The molecule has 0 aliphatic rings. The highest BCUT2D eigenvalue weighted by Crippen LogP contribution is 2.06. The third-order valence-corrected chi connectivity index (χ3v) is 4.21. The number of amides is 1. The van der Waals surface area contributed by atoms with Crippen LogP contribution in [0.25, 0.3) is 0 Å². The molecule has 2 N–H and O–H groups in total. The molecule has 0 saturated heterocycles. The smallest absolute Gasteiger partial charge is 0.237 e. The molecule has 0 aromatic heterocycles. The van der Waals surface area contributed by atoms with E-state index < -0.39 is 0 Å². The lowest BCUT2D eigenvalue weighted by Gasteiger charge is -2.15. The van der Waals surface area contributed by atoms with Gasteiger partial charge in [0, 0.05) is 12.3 Å². The Hall–Kier alpha value is -0.220. The van der Waals surface area contributed by atoms with E-state index in [1.54, 1.807) is 11.8 Å². The van der Waals surface area contributed by atoms with Crippen LogP contribution in [0.2, 0.25) is 0 Å². The topological polar surface area (TPSA) is 41.1 Å². The summed E-state index contributed by atoms with van der Waals surface area (Å²) in [6.07, 6.45) is 9.00. The Balaban J connectivity index is 3.45. The van der Waals surface area contributed by atoms with E-state index in [9.17, 15) is 4.79 Å². The number of hydrogen-bond donors (Lipinski definition) is 2. The molecule has 1 unspecified atom stereocenters. The van der Waals surface area contributed by atoms with Gasteiger partial charge in [-0.3, -0.25) is 4.79 Å². The van der Waals surface area contributed by atoms with Crippen molar-refractivity contribution >= 4 is 17.7 Å². The summed E-state index contributed by atoms with van der Waals surface area (Å²) in [4.78, 5) is 11.9. The molecule has 19 heavy (non-hydrogen) atoms. The van der Waals surface area contributed by atoms with Crippen molar-refractivity contribution in [2.24, 2.45) is 0 Å². The molecule has 0 radical (unpaired) electrons. The van der Waals surface area contributed by atoms with Crippen LogP contribution in [0.3, 0.4) is 0 Å². The molecule has 1 atom stereocenters. The van der Waals surface area contributed by atoms with Gasteiger partial charge < -0.3 is 10.6 Å². The summed E-state index contributed by atoms with van der Waals surface area (Å²) in [6.45, 7) is 5.18.